The third-order valence-electron chi connectivity index (χ3n) is 5.98. The Morgan fingerprint density at radius 1 is 0.939 bits per heavy atom. The van der Waals surface area contributed by atoms with Crippen molar-refractivity contribution in [1.29, 1.82) is 0 Å². The van der Waals surface area contributed by atoms with E-state index in [1.54, 1.807) is 31.3 Å². The van der Waals surface area contributed by atoms with E-state index >= 15 is 0 Å². The fourth-order valence-corrected chi connectivity index (χ4v) is 5.65. The minimum absolute atomic E-state index is 0.0523. The van der Waals surface area contributed by atoms with Gasteiger partial charge in [0.05, 0.1) is 11.4 Å². The molecule has 2 amide bonds. The number of carbonyl (C=O) groups excluding carboxylic acids is 2. The van der Waals surface area contributed by atoms with E-state index in [0.29, 0.717) is 18.5 Å². The molecule has 1 N–H and O–H groups in total. The lowest BCUT2D eigenvalue weighted by Crippen LogP contribution is -2.45. The highest BCUT2D eigenvalue weighted by molar-refractivity contribution is 7.89. The summed E-state index contributed by atoms with van der Waals surface area (Å²) in [6, 6.07) is 21.8. The topological polar surface area (TPSA) is 86.8 Å². The zero-order chi connectivity index (χ0) is 23.4. The lowest BCUT2D eigenvalue weighted by atomic mass is 9.96. The van der Waals surface area contributed by atoms with Gasteiger partial charge < -0.3 is 10.2 Å². The molecule has 0 aromatic heterocycles. The van der Waals surface area contributed by atoms with E-state index in [2.05, 4.69) is 5.32 Å². The molecule has 0 bridgehead atoms. The summed E-state index contributed by atoms with van der Waals surface area (Å²) in [6.45, 7) is 0.495. The van der Waals surface area contributed by atoms with Crippen LogP contribution in [0.25, 0.3) is 10.8 Å². The molecular weight excluding hydrogens is 438 g/mol. The van der Waals surface area contributed by atoms with Gasteiger partial charge in [-0.3, -0.25) is 9.59 Å². The van der Waals surface area contributed by atoms with Crippen molar-refractivity contribution < 1.29 is 18.0 Å². The fraction of sp³-hybridized carbons (Fsp3) is 0.280. The van der Waals surface area contributed by atoms with E-state index < -0.39 is 10.0 Å². The summed E-state index contributed by atoms with van der Waals surface area (Å²) in [5.74, 6) is -0.711. The molecule has 0 aliphatic carbocycles. The van der Waals surface area contributed by atoms with Crippen LogP contribution in [0.5, 0.6) is 0 Å². The molecule has 0 radical (unpaired) electrons. The van der Waals surface area contributed by atoms with E-state index in [1.807, 2.05) is 48.5 Å². The molecule has 3 aromatic carbocycles. The van der Waals surface area contributed by atoms with Gasteiger partial charge in [0, 0.05) is 31.7 Å². The number of amides is 2. The van der Waals surface area contributed by atoms with Crippen LogP contribution >= 0.6 is 0 Å². The summed E-state index contributed by atoms with van der Waals surface area (Å²) in [5.41, 5.74) is 0.676. The molecule has 7 nitrogen and oxygen atoms in total. The van der Waals surface area contributed by atoms with Gasteiger partial charge in [-0.25, -0.2) is 8.42 Å². The number of para-hydroxylation sites is 1. The number of anilines is 1. The molecule has 8 heteroatoms. The number of carbonyl (C=O) groups is 2. The first-order chi connectivity index (χ1) is 15.8. The fourth-order valence-electron chi connectivity index (χ4n) is 4.15. The van der Waals surface area contributed by atoms with Crippen molar-refractivity contribution in [2.45, 2.75) is 17.7 Å². The number of nitrogens with one attached hydrogen (secondary N) is 1. The van der Waals surface area contributed by atoms with Crippen LogP contribution in [0, 0.1) is 5.92 Å². The van der Waals surface area contributed by atoms with Gasteiger partial charge in [-0.15, -0.1) is 0 Å². The first-order valence-corrected chi connectivity index (χ1v) is 12.4. The van der Waals surface area contributed by atoms with Crippen molar-refractivity contribution in [2.24, 2.45) is 5.92 Å². The lowest BCUT2D eigenvalue weighted by Gasteiger charge is -2.32. The maximum absolute atomic E-state index is 13.1. The average Bonchev–Trinajstić information content (AvgIpc) is 2.83. The highest BCUT2D eigenvalue weighted by Gasteiger charge is 2.33. The van der Waals surface area contributed by atoms with Crippen LogP contribution in [0.1, 0.15) is 12.8 Å². The molecule has 1 aliphatic heterocycles. The SMILES string of the molecule is CN(CC(=O)Nc1ccccc1)C(=O)C1CCN(S(=O)(=O)c2ccc3ccccc3c2)CC1. The molecule has 1 heterocycles. The number of benzene rings is 3. The summed E-state index contributed by atoms with van der Waals surface area (Å²) in [6.07, 6.45) is 0.854. The monoisotopic (exact) mass is 465 g/mol. The summed E-state index contributed by atoms with van der Waals surface area (Å²) in [7, 11) is -2.03. The molecule has 0 spiro atoms. The number of likely N-dealkylation sites (N-methyl/N-ethyl adjacent to an activating group) is 1. The Balaban J connectivity index is 1.34. The number of piperidine rings is 1. The first-order valence-electron chi connectivity index (χ1n) is 10.9. The van der Waals surface area contributed by atoms with E-state index in [4.69, 9.17) is 0 Å². The maximum Gasteiger partial charge on any atom is 0.243 e. The lowest BCUT2D eigenvalue weighted by molar-refractivity contribution is -0.138. The van der Waals surface area contributed by atoms with Gasteiger partial charge in [-0.2, -0.15) is 4.31 Å². The Hall–Kier alpha value is -3.23. The van der Waals surface area contributed by atoms with Gasteiger partial charge in [-0.1, -0.05) is 48.5 Å². The molecule has 3 aromatic rings. The van der Waals surface area contributed by atoms with Crippen LogP contribution < -0.4 is 5.32 Å². The van der Waals surface area contributed by atoms with Gasteiger partial charge in [-0.05, 0) is 47.9 Å². The summed E-state index contributed by atoms with van der Waals surface area (Å²) >= 11 is 0. The quantitative estimate of drug-likeness (QED) is 0.605. The van der Waals surface area contributed by atoms with Crippen molar-refractivity contribution in [3.05, 3.63) is 72.8 Å². The highest BCUT2D eigenvalue weighted by Crippen LogP contribution is 2.27. The van der Waals surface area contributed by atoms with Crippen LogP contribution in [0.3, 0.4) is 0 Å². The Kier molecular flexibility index (Phi) is 6.76. The summed E-state index contributed by atoms with van der Waals surface area (Å²) in [4.78, 5) is 26.8. The normalized spacial score (nSPS) is 15.3. The number of nitrogens with zero attached hydrogens (tertiary/aromatic N) is 2. The second-order valence-electron chi connectivity index (χ2n) is 8.30. The molecule has 0 saturated carbocycles. The predicted octanol–water partition coefficient (Wildman–Crippen LogP) is 3.34. The predicted molar refractivity (Wildman–Crippen MR) is 128 cm³/mol. The van der Waals surface area contributed by atoms with Crippen LogP contribution in [0.15, 0.2) is 77.7 Å². The van der Waals surface area contributed by atoms with Crippen LogP contribution in [-0.2, 0) is 19.6 Å². The van der Waals surface area contributed by atoms with Crippen molar-refractivity contribution in [3.63, 3.8) is 0 Å². The van der Waals surface area contributed by atoms with Crippen molar-refractivity contribution in [2.75, 3.05) is 32.0 Å². The van der Waals surface area contributed by atoms with Crippen molar-refractivity contribution in [1.82, 2.24) is 9.21 Å². The van der Waals surface area contributed by atoms with Gasteiger partial charge in [0.15, 0.2) is 0 Å². The number of rotatable bonds is 6. The number of hydrogen-bond acceptors (Lipinski definition) is 4. The zero-order valence-corrected chi connectivity index (χ0v) is 19.3. The van der Waals surface area contributed by atoms with Gasteiger partial charge >= 0.3 is 0 Å². The standard InChI is InChI=1S/C25H27N3O4S/c1-27(18-24(29)26-22-9-3-2-4-10-22)25(30)20-13-15-28(16-14-20)33(31,32)23-12-11-19-7-5-6-8-21(19)17-23/h2-12,17,20H,13-16,18H2,1H3,(H,26,29). The zero-order valence-electron chi connectivity index (χ0n) is 18.5. The maximum atomic E-state index is 13.1. The summed E-state index contributed by atoms with van der Waals surface area (Å²) < 4.78 is 27.7. The molecule has 0 atom stereocenters. The van der Waals surface area contributed by atoms with Crippen LogP contribution in [0.2, 0.25) is 0 Å². The third-order valence-corrected chi connectivity index (χ3v) is 7.87. The van der Waals surface area contributed by atoms with E-state index in [0.717, 1.165) is 10.8 Å². The molecule has 1 fully saturated rings. The third kappa shape index (κ3) is 5.23. The molecule has 172 valence electrons. The van der Waals surface area contributed by atoms with Crippen molar-refractivity contribution >= 4 is 38.3 Å². The Morgan fingerprint density at radius 2 is 1.58 bits per heavy atom. The molecule has 0 unspecified atom stereocenters. The molecular formula is C25H27N3O4S. The van der Waals surface area contributed by atoms with Gasteiger partial charge in [0.25, 0.3) is 0 Å². The Morgan fingerprint density at radius 3 is 2.27 bits per heavy atom. The van der Waals surface area contributed by atoms with E-state index in [9.17, 15) is 18.0 Å². The van der Waals surface area contributed by atoms with Crippen LogP contribution in [-0.4, -0.2) is 56.1 Å². The average molecular weight is 466 g/mol. The number of hydrogen-bond donors (Lipinski definition) is 1. The number of fused-ring (bicyclic) bond motifs is 1. The minimum Gasteiger partial charge on any atom is -0.336 e. The molecule has 33 heavy (non-hydrogen) atoms. The second-order valence-corrected chi connectivity index (χ2v) is 10.2. The van der Waals surface area contributed by atoms with E-state index in [1.165, 1.54) is 9.21 Å². The first kappa shape index (κ1) is 22.9. The van der Waals surface area contributed by atoms with E-state index in [-0.39, 0.29) is 42.3 Å². The smallest absolute Gasteiger partial charge is 0.243 e. The van der Waals surface area contributed by atoms with Gasteiger partial charge in [0.2, 0.25) is 21.8 Å². The van der Waals surface area contributed by atoms with Crippen LogP contribution in [0.4, 0.5) is 5.69 Å². The van der Waals surface area contributed by atoms with Crippen molar-refractivity contribution in [3.8, 4) is 0 Å². The molecule has 4 rings (SSSR count). The largest absolute Gasteiger partial charge is 0.336 e. The minimum atomic E-state index is -3.63. The Labute approximate surface area is 194 Å². The summed E-state index contributed by atoms with van der Waals surface area (Å²) in [5, 5.41) is 4.63. The second kappa shape index (κ2) is 9.72. The van der Waals surface area contributed by atoms with Gasteiger partial charge in [0.1, 0.15) is 0 Å². The highest BCUT2D eigenvalue weighted by atomic mass is 32.2. The Bertz CT molecular complexity index is 1250. The molecule has 1 aliphatic rings. The number of sulfonamides is 1. The molecule has 1 saturated heterocycles.